The average Bonchev–Trinajstić information content (AvgIpc) is 3.29. The van der Waals surface area contributed by atoms with Crippen LogP contribution in [0, 0.1) is 20.8 Å². The Morgan fingerprint density at radius 2 is 1.93 bits per heavy atom. The molecule has 4 aromatic rings. The Morgan fingerprint density at radius 1 is 1.13 bits per heavy atom. The maximum atomic E-state index is 12.5. The first-order chi connectivity index (χ1) is 14.4. The molecule has 0 aliphatic rings. The molecule has 1 N–H and O–H groups in total. The third-order valence-electron chi connectivity index (χ3n) is 4.51. The summed E-state index contributed by atoms with van der Waals surface area (Å²) in [6, 6.07) is 13.2. The van der Waals surface area contributed by atoms with Crippen molar-refractivity contribution in [1.29, 1.82) is 0 Å². The van der Waals surface area contributed by atoms with E-state index in [1.165, 1.54) is 5.56 Å². The molecule has 8 heteroatoms. The first kappa shape index (κ1) is 19.9. The summed E-state index contributed by atoms with van der Waals surface area (Å²) in [6.07, 6.45) is 0. The summed E-state index contributed by atoms with van der Waals surface area (Å²) >= 11 is 1.54. The molecule has 0 spiro atoms. The number of thiazole rings is 1. The van der Waals surface area contributed by atoms with Gasteiger partial charge in [-0.05, 0) is 50.1 Å². The molecule has 0 bridgehead atoms. The van der Waals surface area contributed by atoms with Crippen LogP contribution < -0.4 is 14.8 Å². The molecular formula is C22H22N4O3S. The fourth-order valence-corrected chi connectivity index (χ4v) is 4.31. The van der Waals surface area contributed by atoms with E-state index in [1.54, 1.807) is 41.3 Å². The Balaban J connectivity index is 1.53. The molecule has 0 saturated carbocycles. The van der Waals surface area contributed by atoms with Crippen molar-refractivity contribution in [2.75, 3.05) is 19.0 Å². The molecule has 154 valence electrons. The van der Waals surface area contributed by atoms with Crippen molar-refractivity contribution in [3.05, 3.63) is 59.3 Å². The van der Waals surface area contributed by atoms with E-state index in [0.29, 0.717) is 22.4 Å². The highest BCUT2D eigenvalue weighted by Gasteiger charge is 2.16. The summed E-state index contributed by atoms with van der Waals surface area (Å²) < 4.78 is 13.5. The molecule has 0 unspecified atom stereocenters. The maximum absolute atomic E-state index is 12.5. The van der Waals surface area contributed by atoms with Crippen molar-refractivity contribution < 1.29 is 14.3 Å². The van der Waals surface area contributed by atoms with Crippen LogP contribution in [0.4, 0.5) is 5.82 Å². The number of carbonyl (C=O) groups is 1. The van der Waals surface area contributed by atoms with Crippen LogP contribution in [0.3, 0.4) is 0 Å². The molecule has 0 aliphatic heterocycles. The number of nitrogens with zero attached hydrogens (tertiary/aromatic N) is 3. The van der Waals surface area contributed by atoms with Gasteiger partial charge in [0.2, 0.25) is 5.13 Å². The number of aryl methyl sites for hydroxylation is 3. The van der Waals surface area contributed by atoms with Crippen LogP contribution in [0.5, 0.6) is 11.5 Å². The number of hydrogen-bond acceptors (Lipinski definition) is 6. The van der Waals surface area contributed by atoms with Crippen LogP contribution in [0.15, 0.2) is 42.5 Å². The lowest BCUT2D eigenvalue weighted by molar-refractivity contribution is -0.118. The quantitative estimate of drug-likeness (QED) is 0.497. The third kappa shape index (κ3) is 4.13. The second-order valence-corrected chi connectivity index (χ2v) is 8.03. The molecule has 2 heterocycles. The van der Waals surface area contributed by atoms with E-state index >= 15 is 0 Å². The lowest BCUT2D eigenvalue weighted by Crippen LogP contribution is -2.21. The van der Waals surface area contributed by atoms with Crippen molar-refractivity contribution in [1.82, 2.24) is 14.8 Å². The number of fused-ring (bicyclic) bond motifs is 1. The molecule has 7 nitrogen and oxygen atoms in total. The normalized spacial score (nSPS) is 10.9. The Bertz CT molecular complexity index is 1230. The van der Waals surface area contributed by atoms with Gasteiger partial charge in [0.1, 0.15) is 17.3 Å². The van der Waals surface area contributed by atoms with E-state index in [0.717, 1.165) is 21.5 Å². The third-order valence-corrected chi connectivity index (χ3v) is 5.49. The highest BCUT2D eigenvalue weighted by Crippen LogP contribution is 2.30. The lowest BCUT2D eigenvalue weighted by Gasteiger charge is -2.09. The van der Waals surface area contributed by atoms with Gasteiger partial charge in [0, 0.05) is 12.1 Å². The van der Waals surface area contributed by atoms with Gasteiger partial charge in [0.05, 0.1) is 23.0 Å². The van der Waals surface area contributed by atoms with Gasteiger partial charge in [-0.2, -0.15) is 9.78 Å². The van der Waals surface area contributed by atoms with Crippen molar-refractivity contribution in [3.63, 3.8) is 0 Å². The number of nitrogens with one attached hydrogen (secondary N) is 1. The summed E-state index contributed by atoms with van der Waals surface area (Å²) in [6.45, 7) is 5.86. The van der Waals surface area contributed by atoms with Crippen LogP contribution in [0.2, 0.25) is 0 Å². The van der Waals surface area contributed by atoms with E-state index in [9.17, 15) is 4.79 Å². The Kier molecular flexibility index (Phi) is 5.41. The van der Waals surface area contributed by atoms with Crippen LogP contribution in [-0.2, 0) is 4.79 Å². The van der Waals surface area contributed by atoms with Crippen molar-refractivity contribution in [2.45, 2.75) is 20.8 Å². The molecule has 2 aromatic carbocycles. The number of amides is 1. The molecule has 4 rings (SSSR count). The number of benzene rings is 2. The number of aromatic nitrogens is 3. The molecule has 0 fully saturated rings. The van der Waals surface area contributed by atoms with Gasteiger partial charge in [0.15, 0.2) is 6.61 Å². The number of anilines is 1. The minimum Gasteiger partial charge on any atom is -0.497 e. The Hall–Kier alpha value is -3.39. The van der Waals surface area contributed by atoms with E-state index in [2.05, 4.69) is 29.5 Å². The van der Waals surface area contributed by atoms with Crippen LogP contribution in [0.25, 0.3) is 15.3 Å². The summed E-state index contributed by atoms with van der Waals surface area (Å²) in [5, 5.41) is 8.09. The van der Waals surface area contributed by atoms with Gasteiger partial charge >= 0.3 is 0 Å². The van der Waals surface area contributed by atoms with E-state index in [-0.39, 0.29) is 12.5 Å². The highest BCUT2D eigenvalue weighted by molar-refractivity contribution is 7.20. The fraction of sp³-hybridized carbons (Fsp3) is 0.227. The van der Waals surface area contributed by atoms with E-state index < -0.39 is 0 Å². The van der Waals surface area contributed by atoms with Crippen molar-refractivity contribution in [2.24, 2.45) is 0 Å². The summed E-state index contributed by atoms with van der Waals surface area (Å²) in [7, 11) is 1.58. The smallest absolute Gasteiger partial charge is 0.263 e. The maximum Gasteiger partial charge on any atom is 0.263 e. The largest absolute Gasteiger partial charge is 0.497 e. The standard InChI is InChI=1S/C22H22N4O3S/c1-13-8-14(2)21-18(9-13)30-22(24-21)26-19(10-15(3)25-26)23-20(27)12-29-17-7-5-6-16(11-17)28-4/h5-11H,12H2,1-4H3,(H,23,27). The van der Waals surface area contributed by atoms with Gasteiger partial charge in [-0.3, -0.25) is 4.79 Å². The first-order valence-corrected chi connectivity index (χ1v) is 10.3. The van der Waals surface area contributed by atoms with Gasteiger partial charge in [0.25, 0.3) is 5.91 Å². The molecule has 0 aliphatic carbocycles. The zero-order valence-corrected chi connectivity index (χ0v) is 18.0. The molecule has 1 amide bonds. The number of carbonyl (C=O) groups excluding carboxylic acids is 1. The van der Waals surface area contributed by atoms with Crippen molar-refractivity contribution >= 4 is 33.3 Å². The number of ether oxygens (including phenoxy) is 2. The number of rotatable bonds is 6. The van der Waals surface area contributed by atoms with Gasteiger partial charge < -0.3 is 14.8 Å². The molecule has 0 saturated heterocycles. The van der Waals surface area contributed by atoms with Crippen LogP contribution >= 0.6 is 11.3 Å². The van der Waals surface area contributed by atoms with Gasteiger partial charge in [-0.25, -0.2) is 4.98 Å². The monoisotopic (exact) mass is 422 g/mol. The first-order valence-electron chi connectivity index (χ1n) is 9.44. The molecule has 0 radical (unpaired) electrons. The van der Waals surface area contributed by atoms with E-state index in [4.69, 9.17) is 14.5 Å². The Morgan fingerprint density at radius 3 is 2.73 bits per heavy atom. The van der Waals surface area contributed by atoms with Crippen molar-refractivity contribution in [3.8, 4) is 16.6 Å². The molecule has 0 atom stereocenters. The fourth-order valence-electron chi connectivity index (χ4n) is 3.20. The zero-order chi connectivity index (χ0) is 21.3. The lowest BCUT2D eigenvalue weighted by atomic mass is 10.1. The molecule has 30 heavy (non-hydrogen) atoms. The summed E-state index contributed by atoms with van der Waals surface area (Å²) in [5.41, 5.74) is 4.04. The minimum atomic E-state index is -0.285. The highest BCUT2D eigenvalue weighted by atomic mass is 32.1. The molecular weight excluding hydrogens is 400 g/mol. The second kappa shape index (κ2) is 8.16. The summed E-state index contributed by atoms with van der Waals surface area (Å²) in [4.78, 5) is 17.2. The summed E-state index contributed by atoms with van der Waals surface area (Å²) in [5.74, 6) is 1.50. The topological polar surface area (TPSA) is 78.3 Å². The predicted molar refractivity (Wildman–Crippen MR) is 118 cm³/mol. The SMILES string of the molecule is COc1cccc(OCC(=O)Nc2cc(C)nn2-c2nc3c(C)cc(C)cc3s2)c1. The Labute approximate surface area is 178 Å². The predicted octanol–water partition coefficient (Wildman–Crippen LogP) is 4.43. The molecule has 2 aromatic heterocycles. The second-order valence-electron chi connectivity index (χ2n) is 7.02. The average molecular weight is 423 g/mol. The number of methoxy groups -OCH3 is 1. The zero-order valence-electron chi connectivity index (χ0n) is 17.2. The van der Waals surface area contributed by atoms with Gasteiger partial charge in [-0.1, -0.05) is 23.5 Å². The van der Waals surface area contributed by atoms with Crippen LogP contribution in [-0.4, -0.2) is 34.4 Å². The minimum absolute atomic E-state index is 0.129. The number of hydrogen-bond donors (Lipinski definition) is 1. The van der Waals surface area contributed by atoms with Gasteiger partial charge in [-0.15, -0.1) is 0 Å². The van der Waals surface area contributed by atoms with Crippen LogP contribution in [0.1, 0.15) is 16.8 Å². The van der Waals surface area contributed by atoms with E-state index in [1.807, 2.05) is 26.0 Å².